The van der Waals surface area contributed by atoms with E-state index < -0.39 is 0 Å². The number of hydrogen-bond donors (Lipinski definition) is 1. The first kappa shape index (κ1) is 12.6. The monoisotopic (exact) mass is 236 g/mol. The van der Waals surface area contributed by atoms with E-state index in [0.717, 1.165) is 19.5 Å². The van der Waals surface area contributed by atoms with Gasteiger partial charge in [0.15, 0.2) is 0 Å². The van der Waals surface area contributed by atoms with Crippen molar-refractivity contribution in [2.75, 3.05) is 13.1 Å². The highest BCUT2D eigenvalue weighted by Crippen LogP contribution is 2.33. The van der Waals surface area contributed by atoms with Gasteiger partial charge in [-0.15, -0.1) is 0 Å². The van der Waals surface area contributed by atoms with Crippen LogP contribution in [0.4, 0.5) is 0 Å². The maximum absolute atomic E-state index is 6.28. The predicted octanol–water partition coefficient (Wildman–Crippen LogP) is 1.46. The van der Waals surface area contributed by atoms with Crippen LogP contribution in [0.25, 0.3) is 0 Å². The molecule has 0 radical (unpaired) electrons. The van der Waals surface area contributed by atoms with Crippen molar-refractivity contribution in [3.05, 3.63) is 17.5 Å². The largest absolute Gasteiger partial charge is 0.326 e. The minimum Gasteiger partial charge on any atom is -0.326 e. The van der Waals surface area contributed by atoms with E-state index in [-0.39, 0.29) is 6.04 Å². The molecule has 0 spiro atoms. The molecule has 2 unspecified atom stereocenters. The summed E-state index contributed by atoms with van der Waals surface area (Å²) in [6, 6.07) is 0.600. The highest BCUT2D eigenvalue weighted by molar-refractivity contribution is 5.24. The first-order valence-corrected chi connectivity index (χ1v) is 6.48. The summed E-state index contributed by atoms with van der Waals surface area (Å²) in [4.78, 5) is 2.51. The average molecular weight is 236 g/mol. The van der Waals surface area contributed by atoms with Crippen molar-refractivity contribution in [1.82, 2.24) is 14.7 Å². The van der Waals surface area contributed by atoms with Gasteiger partial charge in [0.05, 0.1) is 12.2 Å². The topological polar surface area (TPSA) is 47.1 Å². The number of aryl methyl sites for hydroxylation is 1. The van der Waals surface area contributed by atoms with Crippen LogP contribution in [0.2, 0.25) is 0 Å². The molecule has 0 amide bonds. The SMILES string of the molecule is Cc1c(C2C(N)CCN2CC(C)C)cnn1C. The third-order valence-corrected chi connectivity index (χ3v) is 3.74. The molecule has 1 aromatic rings. The second kappa shape index (κ2) is 4.78. The smallest absolute Gasteiger partial charge is 0.0541 e. The Morgan fingerprint density at radius 2 is 2.24 bits per heavy atom. The van der Waals surface area contributed by atoms with Gasteiger partial charge in [0.1, 0.15) is 0 Å². The van der Waals surface area contributed by atoms with Crippen LogP contribution in [0.3, 0.4) is 0 Å². The summed E-state index contributed by atoms with van der Waals surface area (Å²) in [7, 11) is 1.99. The Morgan fingerprint density at radius 3 is 2.76 bits per heavy atom. The zero-order chi connectivity index (χ0) is 12.6. The van der Waals surface area contributed by atoms with E-state index in [1.807, 2.05) is 17.9 Å². The zero-order valence-corrected chi connectivity index (χ0v) is 11.3. The Morgan fingerprint density at radius 1 is 1.53 bits per heavy atom. The Hall–Kier alpha value is -0.870. The van der Waals surface area contributed by atoms with Crippen molar-refractivity contribution < 1.29 is 0 Å². The normalized spacial score (nSPS) is 26.0. The molecular weight excluding hydrogens is 212 g/mol. The molecule has 4 nitrogen and oxygen atoms in total. The lowest BCUT2D eigenvalue weighted by Gasteiger charge is -2.28. The Kier molecular flexibility index (Phi) is 3.54. The highest BCUT2D eigenvalue weighted by Gasteiger charge is 2.34. The van der Waals surface area contributed by atoms with E-state index in [0.29, 0.717) is 12.0 Å². The lowest BCUT2D eigenvalue weighted by molar-refractivity contribution is 0.220. The zero-order valence-electron chi connectivity index (χ0n) is 11.3. The first-order valence-electron chi connectivity index (χ1n) is 6.48. The van der Waals surface area contributed by atoms with Crippen LogP contribution in [-0.4, -0.2) is 33.8 Å². The minimum atomic E-state index is 0.247. The molecule has 2 heterocycles. The highest BCUT2D eigenvalue weighted by atomic mass is 15.3. The number of nitrogens with two attached hydrogens (primary N) is 1. The molecule has 2 N–H and O–H groups in total. The summed E-state index contributed by atoms with van der Waals surface area (Å²) in [6.07, 6.45) is 3.07. The van der Waals surface area contributed by atoms with Crippen LogP contribution in [0.5, 0.6) is 0 Å². The molecule has 2 atom stereocenters. The summed E-state index contributed by atoms with van der Waals surface area (Å²) >= 11 is 0. The third kappa shape index (κ3) is 2.38. The number of aromatic nitrogens is 2. The Bertz CT molecular complexity index is 383. The lowest BCUT2D eigenvalue weighted by atomic mass is 10.0. The van der Waals surface area contributed by atoms with Gasteiger partial charge >= 0.3 is 0 Å². The first-order chi connectivity index (χ1) is 8.00. The quantitative estimate of drug-likeness (QED) is 0.864. The molecule has 0 bridgehead atoms. The van der Waals surface area contributed by atoms with E-state index in [1.165, 1.54) is 11.3 Å². The van der Waals surface area contributed by atoms with Crippen LogP contribution >= 0.6 is 0 Å². The van der Waals surface area contributed by atoms with Gasteiger partial charge < -0.3 is 5.73 Å². The van der Waals surface area contributed by atoms with E-state index in [9.17, 15) is 0 Å². The lowest BCUT2D eigenvalue weighted by Crippen LogP contribution is -2.34. The summed E-state index contributed by atoms with van der Waals surface area (Å²) in [5.41, 5.74) is 8.82. The molecule has 1 saturated heterocycles. The third-order valence-electron chi connectivity index (χ3n) is 3.74. The van der Waals surface area contributed by atoms with Crippen molar-refractivity contribution in [2.24, 2.45) is 18.7 Å². The standard InChI is InChI=1S/C13H24N4/c1-9(2)8-17-6-5-12(14)13(17)11-7-15-16(4)10(11)3/h7,9,12-13H,5-6,8,14H2,1-4H3. The van der Waals surface area contributed by atoms with E-state index >= 15 is 0 Å². The fraction of sp³-hybridized carbons (Fsp3) is 0.769. The number of likely N-dealkylation sites (tertiary alicyclic amines) is 1. The number of hydrogen-bond acceptors (Lipinski definition) is 3. The summed E-state index contributed by atoms with van der Waals surface area (Å²) in [5, 5.41) is 4.34. The molecule has 1 aliphatic rings. The van der Waals surface area contributed by atoms with Crippen molar-refractivity contribution in [3.8, 4) is 0 Å². The van der Waals surface area contributed by atoms with Gasteiger partial charge in [0.2, 0.25) is 0 Å². The summed E-state index contributed by atoms with van der Waals surface area (Å²) in [5.74, 6) is 0.680. The van der Waals surface area contributed by atoms with Crippen molar-refractivity contribution >= 4 is 0 Å². The fourth-order valence-electron chi connectivity index (χ4n) is 2.79. The molecule has 17 heavy (non-hydrogen) atoms. The molecule has 0 aromatic carbocycles. The van der Waals surface area contributed by atoms with Gasteiger partial charge in [-0.2, -0.15) is 5.10 Å². The van der Waals surface area contributed by atoms with E-state index in [2.05, 4.69) is 30.8 Å². The van der Waals surface area contributed by atoms with Crippen LogP contribution in [0.15, 0.2) is 6.20 Å². The van der Waals surface area contributed by atoms with Crippen LogP contribution in [-0.2, 0) is 7.05 Å². The van der Waals surface area contributed by atoms with Gasteiger partial charge in [-0.1, -0.05) is 13.8 Å². The maximum atomic E-state index is 6.28. The van der Waals surface area contributed by atoms with Gasteiger partial charge in [0.25, 0.3) is 0 Å². The summed E-state index contributed by atoms with van der Waals surface area (Å²) < 4.78 is 1.94. The van der Waals surface area contributed by atoms with Crippen LogP contribution < -0.4 is 5.73 Å². The van der Waals surface area contributed by atoms with E-state index in [4.69, 9.17) is 5.73 Å². The van der Waals surface area contributed by atoms with Crippen molar-refractivity contribution in [3.63, 3.8) is 0 Å². The molecule has 0 saturated carbocycles. The molecule has 0 aliphatic carbocycles. The Balaban J connectivity index is 2.24. The minimum absolute atomic E-state index is 0.247. The number of nitrogens with zero attached hydrogens (tertiary/aromatic N) is 3. The molecule has 1 aromatic heterocycles. The molecule has 96 valence electrons. The van der Waals surface area contributed by atoms with Gasteiger partial charge in [0, 0.05) is 37.4 Å². The number of rotatable bonds is 3. The van der Waals surface area contributed by atoms with E-state index in [1.54, 1.807) is 0 Å². The second-order valence-electron chi connectivity index (χ2n) is 5.60. The van der Waals surface area contributed by atoms with Crippen LogP contribution in [0, 0.1) is 12.8 Å². The average Bonchev–Trinajstić information content (AvgIpc) is 2.74. The predicted molar refractivity (Wildman–Crippen MR) is 69.7 cm³/mol. The fourth-order valence-corrected chi connectivity index (χ4v) is 2.79. The van der Waals surface area contributed by atoms with Gasteiger partial charge in [-0.05, 0) is 19.3 Å². The van der Waals surface area contributed by atoms with Crippen molar-refractivity contribution in [1.29, 1.82) is 0 Å². The van der Waals surface area contributed by atoms with Crippen molar-refractivity contribution in [2.45, 2.75) is 39.3 Å². The van der Waals surface area contributed by atoms with Crippen LogP contribution in [0.1, 0.15) is 37.6 Å². The molecular formula is C13H24N4. The summed E-state index contributed by atoms with van der Waals surface area (Å²) in [6.45, 7) is 8.87. The van der Waals surface area contributed by atoms with Gasteiger partial charge in [-0.25, -0.2) is 0 Å². The second-order valence-corrected chi connectivity index (χ2v) is 5.60. The van der Waals surface area contributed by atoms with Gasteiger partial charge in [-0.3, -0.25) is 9.58 Å². The maximum Gasteiger partial charge on any atom is 0.0541 e. The Labute approximate surface area is 104 Å². The molecule has 4 heteroatoms. The molecule has 2 rings (SSSR count). The molecule has 1 aliphatic heterocycles. The molecule has 1 fully saturated rings.